The van der Waals surface area contributed by atoms with Crippen molar-refractivity contribution in [2.45, 2.75) is 46.0 Å². The molecule has 1 saturated heterocycles. The van der Waals surface area contributed by atoms with Crippen molar-refractivity contribution in [3.8, 4) is 5.75 Å². The zero-order valence-corrected chi connectivity index (χ0v) is 14.6. The largest absolute Gasteiger partial charge is 0.496 e. The molecule has 0 amide bonds. The van der Waals surface area contributed by atoms with Gasteiger partial charge in [0, 0.05) is 6.54 Å². The quantitative estimate of drug-likeness (QED) is 0.790. The molecular formula is C19H29NO2. The van der Waals surface area contributed by atoms with Crippen LogP contribution in [0.5, 0.6) is 5.75 Å². The molecule has 1 heterocycles. The van der Waals surface area contributed by atoms with Crippen LogP contribution in [0.1, 0.15) is 56.5 Å². The molecule has 2 rings (SSSR count). The summed E-state index contributed by atoms with van der Waals surface area (Å²) in [5.41, 5.74) is 1.91. The number of likely N-dealkylation sites (tertiary alicyclic amines) is 1. The number of hydrogen-bond acceptors (Lipinski definition) is 3. The monoisotopic (exact) mass is 303 g/mol. The Labute approximate surface area is 134 Å². The number of benzene rings is 1. The van der Waals surface area contributed by atoms with Crippen LogP contribution in [-0.4, -0.2) is 37.4 Å². The van der Waals surface area contributed by atoms with Crippen molar-refractivity contribution in [2.75, 3.05) is 26.7 Å². The van der Waals surface area contributed by atoms with Crippen LogP contribution in [0.2, 0.25) is 0 Å². The van der Waals surface area contributed by atoms with Gasteiger partial charge in [0.1, 0.15) is 5.75 Å². The number of Topliss-reactive ketones (excluding diaryl/α,β-unsaturated/α-hetero) is 1. The second-order valence-electron chi connectivity index (χ2n) is 7.57. The van der Waals surface area contributed by atoms with Crippen LogP contribution in [0.4, 0.5) is 0 Å². The fourth-order valence-corrected chi connectivity index (χ4v) is 3.11. The van der Waals surface area contributed by atoms with E-state index in [1.807, 2.05) is 12.1 Å². The number of methoxy groups -OCH3 is 1. The van der Waals surface area contributed by atoms with Gasteiger partial charge in [-0.25, -0.2) is 0 Å². The fourth-order valence-electron chi connectivity index (χ4n) is 3.11. The van der Waals surface area contributed by atoms with Gasteiger partial charge < -0.3 is 4.74 Å². The van der Waals surface area contributed by atoms with E-state index in [2.05, 4.69) is 38.7 Å². The SMILES string of the molecule is COc1ccc(C(C)(C)C)cc1C(=O)CN1CCCC(C)C1. The van der Waals surface area contributed by atoms with E-state index in [-0.39, 0.29) is 11.2 Å². The van der Waals surface area contributed by atoms with Gasteiger partial charge in [-0.2, -0.15) is 0 Å². The Balaban J connectivity index is 2.20. The van der Waals surface area contributed by atoms with Crippen molar-refractivity contribution < 1.29 is 9.53 Å². The van der Waals surface area contributed by atoms with Gasteiger partial charge in [-0.3, -0.25) is 9.69 Å². The van der Waals surface area contributed by atoms with E-state index in [4.69, 9.17) is 4.74 Å². The second kappa shape index (κ2) is 6.82. The first-order valence-corrected chi connectivity index (χ1v) is 8.25. The topological polar surface area (TPSA) is 29.5 Å². The first-order valence-electron chi connectivity index (χ1n) is 8.25. The maximum atomic E-state index is 12.8. The predicted octanol–water partition coefficient (Wildman–Crippen LogP) is 3.91. The van der Waals surface area contributed by atoms with Crippen LogP contribution in [0.25, 0.3) is 0 Å². The number of rotatable bonds is 4. The molecule has 0 aliphatic carbocycles. The van der Waals surface area contributed by atoms with Gasteiger partial charge in [0.25, 0.3) is 0 Å². The molecule has 1 aromatic rings. The Morgan fingerprint density at radius 3 is 2.68 bits per heavy atom. The summed E-state index contributed by atoms with van der Waals surface area (Å²) >= 11 is 0. The molecule has 1 unspecified atom stereocenters. The van der Waals surface area contributed by atoms with Gasteiger partial charge in [0.15, 0.2) is 5.78 Å². The third kappa shape index (κ3) is 4.10. The average Bonchev–Trinajstić information content (AvgIpc) is 2.45. The van der Waals surface area contributed by atoms with Crippen LogP contribution in [-0.2, 0) is 5.41 Å². The highest BCUT2D eigenvalue weighted by Gasteiger charge is 2.23. The van der Waals surface area contributed by atoms with Crippen molar-refractivity contribution in [3.63, 3.8) is 0 Å². The Morgan fingerprint density at radius 2 is 2.09 bits per heavy atom. The molecule has 0 radical (unpaired) electrons. The zero-order valence-electron chi connectivity index (χ0n) is 14.6. The normalized spacial score (nSPS) is 20.0. The van der Waals surface area contributed by atoms with Gasteiger partial charge in [-0.1, -0.05) is 33.8 Å². The number of carbonyl (C=O) groups excluding carboxylic acids is 1. The van der Waals surface area contributed by atoms with Gasteiger partial charge >= 0.3 is 0 Å². The van der Waals surface area contributed by atoms with E-state index in [0.29, 0.717) is 23.8 Å². The highest BCUT2D eigenvalue weighted by molar-refractivity contribution is 6.00. The number of carbonyl (C=O) groups is 1. The summed E-state index contributed by atoms with van der Waals surface area (Å²) in [4.78, 5) is 15.0. The minimum atomic E-state index is 0.0287. The lowest BCUT2D eigenvalue weighted by atomic mass is 9.85. The maximum Gasteiger partial charge on any atom is 0.180 e. The van der Waals surface area contributed by atoms with Crippen LogP contribution in [0.15, 0.2) is 18.2 Å². The van der Waals surface area contributed by atoms with E-state index < -0.39 is 0 Å². The Hall–Kier alpha value is -1.35. The molecule has 0 aromatic heterocycles. The molecule has 122 valence electrons. The summed E-state index contributed by atoms with van der Waals surface area (Å²) in [7, 11) is 1.63. The molecule has 0 saturated carbocycles. The average molecular weight is 303 g/mol. The zero-order chi connectivity index (χ0) is 16.3. The lowest BCUT2D eigenvalue weighted by molar-refractivity contribution is 0.0890. The minimum Gasteiger partial charge on any atom is -0.496 e. The van der Waals surface area contributed by atoms with Crippen molar-refractivity contribution >= 4 is 5.78 Å². The van der Waals surface area contributed by atoms with Crippen LogP contribution in [0, 0.1) is 5.92 Å². The summed E-state index contributed by atoms with van der Waals surface area (Å²) in [5.74, 6) is 1.53. The van der Waals surface area contributed by atoms with E-state index in [9.17, 15) is 4.79 Å². The molecule has 1 fully saturated rings. The summed E-state index contributed by atoms with van der Waals surface area (Å²) < 4.78 is 5.41. The predicted molar refractivity (Wildman–Crippen MR) is 90.9 cm³/mol. The van der Waals surface area contributed by atoms with Gasteiger partial charge in [-0.15, -0.1) is 0 Å². The Kier molecular flexibility index (Phi) is 5.28. The number of nitrogens with zero attached hydrogens (tertiary/aromatic N) is 1. The molecule has 0 N–H and O–H groups in total. The van der Waals surface area contributed by atoms with Crippen LogP contribution < -0.4 is 4.74 Å². The van der Waals surface area contributed by atoms with Gasteiger partial charge in [0.05, 0.1) is 19.2 Å². The van der Waals surface area contributed by atoms with Gasteiger partial charge in [0.2, 0.25) is 0 Å². The van der Waals surface area contributed by atoms with Crippen molar-refractivity contribution in [1.82, 2.24) is 4.90 Å². The number of piperidine rings is 1. The number of hydrogen-bond donors (Lipinski definition) is 0. The summed E-state index contributed by atoms with van der Waals surface area (Å²) in [6.07, 6.45) is 2.46. The van der Waals surface area contributed by atoms with Crippen molar-refractivity contribution in [1.29, 1.82) is 0 Å². The molecular weight excluding hydrogens is 274 g/mol. The van der Waals surface area contributed by atoms with Crippen LogP contribution >= 0.6 is 0 Å². The summed E-state index contributed by atoms with van der Waals surface area (Å²) in [5, 5.41) is 0. The van der Waals surface area contributed by atoms with E-state index >= 15 is 0 Å². The molecule has 1 aliphatic rings. The fraction of sp³-hybridized carbons (Fsp3) is 0.632. The molecule has 0 bridgehead atoms. The minimum absolute atomic E-state index is 0.0287. The number of ketones is 1. The Morgan fingerprint density at radius 1 is 1.36 bits per heavy atom. The molecule has 1 aromatic carbocycles. The lowest BCUT2D eigenvalue weighted by Gasteiger charge is -2.30. The highest BCUT2D eigenvalue weighted by Crippen LogP contribution is 2.28. The van der Waals surface area contributed by atoms with Gasteiger partial charge in [-0.05, 0) is 48.4 Å². The first-order chi connectivity index (χ1) is 10.3. The van der Waals surface area contributed by atoms with E-state index in [1.165, 1.54) is 18.4 Å². The molecule has 1 atom stereocenters. The maximum absolute atomic E-state index is 12.8. The molecule has 0 spiro atoms. The van der Waals surface area contributed by atoms with Crippen molar-refractivity contribution in [3.05, 3.63) is 29.3 Å². The van der Waals surface area contributed by atoms with Crippen molar-refractivity contribution in [2.24, 2.45) is 5.92 Å². The molecule has 1 aliphatic heterocycles. The second-order valence-corrected chi connectivity index (χ2v) is 7.57. The first kappa shape index (κ1) is 17.0. The lowest BCUT2D eigenvalue weighted by Crippen LogP contribution is -2.38. The number of ether oxygens (including phenoxy) is 1. The third-order valence-corrected chi connectivity index (χ3v) is 4.47. The van der Waals surface area contributed by atoms with E-state index in [1.54, 1.807) is 7.11 Å². The summed E-state index contributed by atoms with van der Waals surface area (Å²) in [6.45, 7) is 11.3. The Bertz CT molecular complexity index is 531. The van der Waals surface area contributed by atoms with E-state index in [0.717, 1.165) is 13.1 Å². The summed E-state index contributed by atoms with van der Waals surface area (Å²) in [6, 6.07) is 5.99. The molecule has 3 nitrogen and oxygen atoms in total. The third-order valence-electron chi connectivity index (χ3n) is 4.47. The standard InChI is InChI=1S/C19H29NO2/c1-14-7-6-10-20(12-14)13-17(21)16-11-15(19(2,3)4)8-9-18(16)22-5/h8-9,11,14H,6-7,10,12-13H2,1-5H3. The van der Waals surface area contributed by atoms with Crippen LogP contribution in [0.3, 0.4) is 0 Å². The smallest absolute Gasteiger partial charge is 0.180 e. The molecule has 22 heavy (non-hydrogen) atoms. The molecule has 3 heteroatoms. The highest BCUT2D eigenvalue weighted by atomic mass is 16.5.